The zero-order valence-corrected chi connectivity index (χ0v) is 36.7. The van der Waals surface area contributed by atoms with E-state index in [9.17, 15) is 23.8 Å². The Bertz CT molecular complexity index is 1350. The molecule has 1 N–H and O–H groups in total. The highest BCUT2D eigenvalue weighted by Gasteiger charge is 2.27. The third kappa shape index (κ3) is 40.6. The summed E-state index contributed by atoms with van der Waals surface area (Å²) in [7, 11) is 1.29. The van der Waals surface area contributed by atoms with Crippen molar-refractivity contribution in [2.24, 2.45) is 0 Å². The first-order chi connectivity index (χ1) is 27.4. The van der Waals surface area contributed by atoms with Crippen molar-refractivity contribution < 1.29 is 46.8 Å². The Hall–Kier alpha value is -3.40. The van der Waals surface area contributed by atoms with E-state index in [2.05, 4.69) is 86.8 Å². The summed E-state index contributed by atoms with van der Waals surface area (Å²) in [5.74, 6) is -1.24. The van der Waals surface area contributed by atoms with Gasteiger partial charge in [-0.25, -0.2) is 4.57 Å². The summed E-state index contributed by atoms with van der Waals surface area (Å²) >= 11 is 0. The monoisotopic (exact) mass is 817 g/mol. The number of quaternary nitrogens is 1. The fraction of sp³-hybridized carbons (Fsp3) is 0.587. The number of carbonyl (C=O) groups is 3. The molecule has 0 aromatic carbocycles. The summed E-state index contributed by atoms with van der Waals surface area (Å²) in [6, 6.07) is 0. The smallest absolute Gasteiger partial charge is 0.462 e. The second kappa shape index (κ2) is 36.9. The molecule has 0 aromatic rings. The molecule has 57 heavy (non-hydrogen) atoms. The van der Waals surface area contributed by atoms with Gasteiger partial charge in [-0.2, -0.15) is 0 Å². The van der Waals surface area contributed by atoms with E-state index in [4.69, 9.17) is 18.5 Å². The zero-order chi connectivity index (χ0) is 42.3. The second-order valence-electron chi connectivity index (χ2n) is 14.7. The Kier molecular flexibility index (Phi) is 34.7. The first kappa shape index (κ1) is 53.6. The van der Waals surface area contributed by atoms with E-state index < -0.39 is 32.5 Å². The lowest BCUT2D eigenvalue weighted by atomic mass is 10.1. The molecule has 322 valence electrons. The minimum atomic E-state index is -4.46. The zero-order valence-electron chi connectivity index (χ0n) is 35.8. The van der Waals surface area contributed by atoms with Crippen LogP contribution in [-0.4, -0.2) is 80.7 Å². The maximum atomic E-state index is 12.7. The maximum Gasteiger partial charge on any atom is 0.472 e. The van der Waals surface area contributed by atoms with Gasteiger partial charge in [0.25, 0.3) is 0 Å². The predicted molar refractivity (Wildman–Crippen MR) is 233 cm³/mol. The summed E-state index contributed by atoms with van der Waals surface area (Å²) in [6.07, 6.45) is 44.7. The van der Waals surface area contributed by atoms with Gasteiger partial charge in [-0.1, -0.05) is 118 Å². The van der Waals surface area contributed by atoms with Crippen LogP contribution >= 0.6 is 7.82 Å². The summed E-state index contributed by atoms with van der Waals surface area (Å²) in [5, 5.41) is 0. The molecular formula is C46H75NO9P+. The summed E-state index contributed by atoms with van der Waals surface area (Å²) in [6.45, 7) is 3.91. The number of esters is 2. The van der Waals surface area contributed by atoms with Gasteiger partial charge in [-0.3, -0.25) is 23.4 Å². The lowest BCUT2D eigenvalue weighted by Crippen LogP contribution is -2.37. The Morgan fingerprint density at radius 1 is 0.614 bits per heavy atom. The highest BCUT2D eigenvalue weighted by Crippen LogP contribution is 2.43. The van der Waals surface area contributed by atoms with Crippen molar-refractivity contribution in [2.45, 2.75) is 129 Å². The fourth-order valence-corrected chi connectivity index (χ4v) is 5.52. The molecule has 0 fully saturated rings. The van der Waals surface area contributed by atoms with Crippen molar-refractivity contribution in [2.75, 3.05) is 47.5 Å². The van der Waals surface area contributed by atoms with Crippen LogP contribution in [-0.2, 0) is 37.5 Å². The van der Waals surface area contributed by atoms with Gasteiger partial charge < -0.3 is 18.9 Å². The predicted octanol–water partition coefficient (Wildman–Crippen LogP) is 11.0. The Morgan fingerprint density at radius 3 is 1.74 bits per heavy atom. The van der Waals surface area contributed by atoms with Crippen molar-refractivity contribution in [3.63, 3.8) is 0 Å². The summed E-state index contributed by atoms with van der Waals surface area (Å²) in [4.78, 5) is 47.5. The fourth-order valence-electron chi connectivity index (χ4n) is 4.78. The number of ether oxygens (including phenoxy) is 2. The molecule has 0 heterocycles. The number of nitrogens with zero attached hydrogens (tertiary/aromatic N) is 1. The van der Waals surface area contributed by atoms with Crippen LogP contribution in [0.5, 0.6) is 0 Å². The molecule has 0 saturated carbocycles. The van der Waals surface area contributed by atoms with Gasteiger partial charge in [0.15, 0.2) is 11.9 Å². The molecule has 0 spiro atoms. The number of carbonyl (C=O) groups excluding carboxylic acids is 3. The minimum absolute atomic E-state index is 0.0237. The first-order valence-electron chi connectivity index (χ1n) is 20.9. The third-order valence-electron chi connectivity index (χ3n) is 8.07. The van der Waals surface area contributed by atoms with Crippen LogP contribution in [0.25, 0.3) is 0 Å². The minimum Gasteiger partial charge on any atom is -0.462 e. The van der Waals surface area contributed by atoms with Gasteiger partial charge in [0, 0.05) is 19.3 Å². The number of hydrogen-bond donors (Lipinski definition) is 1. The van der Waals surface area contributed by atoms with E-state index in [1.807, 2.05) is 33.3 Å². The summed E-state index contributed by atoms with van der Waals surface area (Å²) < 4.78 is 33.9. The number of rotatable bonds is 36. The molecule has 1 unspecified atom stereocenters. The molecule has 0 saturated heterocycles. The molecule has 0 rings (SSSR count). The number of phosphoric acid groups is 1. The van der Waals surface area contributed by atoms with Gasteiger partial charge >= 0.3 is 19.8 Å². The van der Waals surface area contributed by atoms with Crippen LogP contribution in [0.3, 0.4) is 0 Å². The van der Waals surface area contributed by atoms with E-state index in [0.29, 0.717) is 17.4 Å². The quantitative estimate of drug-likeness (QED) is 0.0125. The van der Waals surface area contributed by atoms with Crippen molar-refractivity contribution in [3.05, 3.63) is 97.2 Å². The molecule has 0 amide bonds. The van der Waals surface area contributed by atoms with E-state index in [-0.39, 0.29) is 44.7 Å². The van der Waals surface area contributed by atoms with Crippen LogP contribution in [0.2, 0.25) is 0 Å². The normalized spacial score (nSPS) is 14.5. The second-order valence-corrected chi connectivity index (χ2v) is 16.1. The average Bonchev–Trinajstić information content (AvgIpc) is 3.15. The average molecular weight is 817 g/mol. The third-order valence-corrected chi connectivity index (χ3v) is 9.06. The largest absolute Gasteiger partial charge is 0.472 e. The van der Waals surface area contributed by atoms with E-state index in [0.717, 1.165) is 57.8 Å². The van der Waals surface area contributed by atoms with E-state index >= 15 is 0 Å². The standard InChI is InChI=1S/C46H74NO9P/c1-6-8-10-12-14-16-18-20-21-23-25-27-29-31-33-37-45(49)53-41-44(42-55-57(51,52)54-40-39-47(3,4)5)56-46(50)38-34-36-43(48)35-32-30-28-26-24-22-19-17-15-13-11-9-7-2/h8,10,14-17,20-22,24-25,27-28,30,32,35,44H,6-7,9,11-13,18-19,23,26,29,31,33-34,36-42H2,1-5H3/p+1/b10-8-,16-14-,17-15-,21-20-,24-22-,27-25-,30-28-,35-32+/t44-/m1/s1. The van der Waals surface area contributed by atoms with Crippen LogP contribution in [0.1, 0.15) is 123 Å². The van der Waals surface area contributed by atoms with Gasteiger partial charge in [-0.05, 0) is 83.1 Å². The number of hydrogen-bond acceptors (Lipinski definition) is 8. The van der Waals surface area contributed by atoms with Gasteiger partial charge in [0.1, 0.15) is 19.8 Å². The molecule has 0 radical (unpaired) electrons. The molecule has 0 aromatic heterocycles. The lowest BCUT2D eigenvalue weighted by molar-refractivity contribution is -0.870. The van der Waals surface area contributed by atoms with Crippen molar-refractivity contribution >= 4 is 25.5 Å². The summed E-state index contributed by atoms with van der Waals surface area (Å²) in [5.41, 5.74) is 0. The van der Waals surface area contributed by atoms with Crippen molar-refractivity contribution in [1.29, 1.82) is 0 Å². The highest BCUT2D eigenvalue weighted by atomic mass is 31.2. The topological polar surface area (TPSA) is 125 Å². The molecule has 0 aliphatic heterocycles. The number of allylic oxidation sites excluding steroid dienone is 16. The van der Waals surface area contributed by atoms with Gasteiger partial charge in [-0.15, -0.1) is 0 Å². The van der Waals surface area contributed by atoms with Gasteiger partial charge in [0.05, 0.1) is 27.7 Å². The lowest BCUT2D eigenvalue weighted by Gasteiger charge is -2.24. The highest BCUT2D eigenvalue weighted by molar-refractivity contribution is 7.47. The molecular weight excluding hydrogens is 741 g/mol. The number of likely N-dealkylation sites (N-methyl/N-ethyl adjacent to an activating group) is 1. The molecule has 0 aliphatic carbocycles. The molecule has 0 aliphatic rings. The number of unbranched alkanes of at least 4 members (excludes halogenated alkanes) is 5. The van der Waals surface area contributed by atoms with Crippen LogP contribution < -0.4 is 0 Å². The molecule has 0 bridgehead atoms. The molecule has 10 nitrogen and oxygen atoms in total. The maximum absolute atomic E-state index is 12.7. The van der Waals surface area contributed by atoms with E-state index in [1.165, 1.54) is 25.3 Å². The number of ketones is 1. The van der Waals surface area contributed by atoms with Crippen LogP contribution in [0.4, 0.5) is 0 Å². The van der Waals surface area contributed by atoms with Gasteiger partial charge in [0.2, 0.25) is 0 Å². The molecule has 11 heteroatoms. The van der Waals surface area contributed by atoms with Crippen LogP contribution in [0.15, 0.2) is 97.2 Å². The first-order valence-corrected chi connectivity index (χ1v) is 22.4. The SMILES string of the molecule is CC/C=C\C/C=C\C/C=C\C/C=C\CCCCC(=O)OC[C@H](COP(=O)(O)OCC[N+](C)(C)C)OC(=O)CCCC(=O)/C=C/C=C\C/C=C\C/C=C\CCCCC. The Morgan fingerprint density at radius 2 is 1.16 bits per heavy atom. The Balaban J connectivity index is 4.69. The van der Waals surface area contributed by atoms with Crippen molar-refractivity contribution in [3.8, 4) is 0 Å². The Labute approximate surface area is 345 Å². The number of phosphoric ester groups is 1. The van der Waals surface area contributed by atoms with E-state index in [1.54, 1.807) is 6.08 Å². The molecule has 2 atom stereocenters. The van der Waals surface area contributed by atoms with Crippen LogP contribution in [0, 0.1) is 0 Å². The van der Waals surface area contributed by atoms with Crippen molar-refractivity contribution in [1.82, 2.24) is 0 Å².